The molecule has 4 aromatic rings. The van der Waals surface area contributed by atoms with E-state index in [2.05, 4.69) is 21.7 Å². The van der Waals surface area contributed by atoms with Gasteiger partial charge in [-0.1, -0.05) is 24.3 Å². The van der Waals surface area contributed by atoms with Gasteiger partial charge in [0, 0.05) is 28.7 Å². The number of methoxy groups -OCH3 is 1. The van der Waals surface area contributed by atoms with E-state index >= 15 is 0 Å². The van der Waals surface area contributed by atoms with E-state index in [0.29, 0.717) is 22.3 Å². The van der Waals surface area contributed by atoms with Crippen molar-refractivity contribution in [1.82, 2.24) is 20.2 Å². The maximum Gasteiger partial charge on any atom is 0.322 e. The van der Waals surface area contributed by atoms with E-state index in [9.17, 15) is 20.0 Å². The number of pyridine rings is 1. The molecule has 1 atom stereocenters. The maximum absolute atomic E-state index is 13.0. The first-order valence-corrected chi connectivity index (χ1v) is 10.4. The van der Waals surface area contributed by atoms with Gasteiger partial charge in [-0.25, -0.2) is 9.78 Å². The third-order valence-corrected chi connectivity index (χ3v) is 6.02. The average Bonchev–Trinajstić information content (AvgIpc) is 3.33. The van der Waals surface area contributed by atoms with Crippen LogP contribution in [0.5, 0.6) is 11.6 Å². The molecule has 1 fully saturated rings. The molecule has 0 saturated carbocycles. The van der Waals surface area contributed by atoms with Crippen molar-refractivity contribution in [2.75, 3.05) is 7.11 Å². The van der Waals surface area contributed by atoms with Crippen LogP contribution in [0.3, 0.4) is 0 Å². The number of nitriles is 1. The first-order valence-electron chi connectivity index (χ1n) is 10.4. The number of ether oxygens (including phenoxy) is 1. The van der Waals surface area contributed by atoms with Crippen LogP contribution in [0, 0.1) is 11.3 Å². The molecule has 0 radical (unpaired) electrons. The summed E-state index contributed by atoms with van der Waals surface area (Å²) in [5, 5.41) is 26.6. The topological polar surface area (TPSA) is 129 Å². The molecule has 3 amide bonds. The molecule has 168 valence electrons. The number of amides is 3. The summed E-state index contributed by atoms with van der Waals surface area (Å²) in [4.78, 5) is 29.3. The molecular weight excluding hydrogens is 434 g/mol. The Kier molecular flexibility index (Phi) is 4.91. The highest BCUT2D eigenvalue weighted by Crippen LogP contribution is 2.35. The lowest BCUT2D eigenvalue weighted by atomic mass is 9.88. The normalized spacial score (nSPS) is 17.3. The van der Waals surface area contributed by atoms with Gasteiger partial charge >= 0.3 is 6.03 Å². The number of hydrogen-bond acceptors (Lipinski definition) is 6. The lowest BCUT2D eigenvalue weighted by Gasteiger charge is -2.27. The number of carbonyl (C=O) groups is 2. The Hall–Kier alpha value is -4.84. The molecule has 1 saturated heterocycles. The van der Waals surface area contributed by atoms with Crippen molar-refractivity contribution < 1.29 is 19.4 Å². The number of hydrogen-bond donors (Lipinski definition) is 3. The second-order valence-corrected chi connectivity index (χ2v) is 7.94. The summed E-state index contributed by atoms with van der Waals surface area (Å²) >= 11 is 0. The van der Waals surface area contributed by atoms with Crippen LogP contribution in [0.4, 0.5) is 4.79 Å². The molecule has 0 unspecified atom stereocenters. The molecule has 1 aliphatic rings. The molecule has 34 heavy (non-hydrogen) atoms. The molecule has 0 aliphatic carbocycles. The molecule has 3 heterocycles. The van der Waals surface area contributed by atoms with Gasteiger partial charge in [0.05, 0.1) is 13.7 Å². The lowest BCUT2D eigenvalue weighted by molar-refractivity contribution is -0.124. The summed E-state index contributed by atoms with van der Waals surface area (Å²) in [7, 11) is 1.54. The van der Waals surface area contributed by atoms with Gasteiger partial charge in [-0.05, 0) is 41.5 Å². The van der Waals surface area contributed by atoms with Gasteiger partial charge in [-0.2, -0.15) is 5.26 Å². The summed E-state index contributed by atoms with van der Waals surface area (Å²) in [5.74, 6) is 0.0110. The number of imide groups is 1. The smallest absolute Gasteiger partial charge is 0.322 e. The molecule has 9 heteroatoms. The van der Waals surface area contributed by atoms with E-state index in [0.717, 1.165) is 10.9 Å². The molecule has 9 nitrogen and oxygen atoms in total. The number of nitrogens with one attached hydrogen (secondary N) is 2. The van der Waals surface area contributed by atoms with E-state index in [4.69, 9.17) is 4.74 Å². The van der Waals surface area contributed by atoms with Crippen LogP contribution in [-0.4, -0.2) is 33.7 Å². The third-order valence-electron chi connectivity index (χ3n) is 6.02. The Balaban J connectivity index is 1.57. The third kappa shape index (κ3) is 3.29. The highest BCUT2D eigenvalue weighted by atomic mass is 16.5. The van der Waals surface area contributed by atoms with Gasteiger partial charge in [-0.15, -0.1) is 0 Å². The fourth-order valence-corrected chi connectivity index (χ4v) is 4.29. The predicted octanol–water partition coefficient (Wildman–Crippen LogP) is 3.02. The number of rotatable bonds is 5. The molecular formula is C25H19N5O4. The number of carbonyl (C=O) groups excluding carboxylic acids is 2. The van der Waals surface area contributed by atoms with Crippen LogP contribution >= 0.6 is 0 Å². The first kappa shape index (κ1) is 21.0. The molecule has 0 bridgehead atoms. The Morgan fingerprint density at radius 1 is 1.18 bits per heavy atom. The summed E-state index contributed by atoms with van der Waals surface area (Å²) in [5.41, 5.74) is 0.774. The highest BCUT2D eigenvalue weighted by molar-refractivity contribution is 6.07. The van der Waals surface area contributed by atoms with Crippen molar-refractivity contribution >= 4 is 22.7 Å². The predicted molar refractivity (Wildman–Crippen MR) is 123 cm³/mol. The zero-order valence-electron chi connectivity index (χ0n) is 18.1. The standard InChI is InChI=1S/C25H19N5O4/c1-34-18-9-6-16-13-30(22(31)20(16)11-18)14-25(23(32)28-24(33)29-25)17-7-4-15(5-8-17)19-3-2-10-27-21(19)12-26/h2-11,13,31H,14H2,1H3,(H2,28,29,32,33)/t25-/m0/s1. The average molecular weight is 453 g/mol. The van der Waals surface area contributed by atoms with Gasteiger partial charge in [0.15, 0.2) is 11.4 Å². The maximum atomic E-state index is 13.0. The molecule has 5 rings (SSSR count). The zero-order chi connectivity index (χ0) is 23.9. The van der Waals surface area contributed by atoms with Crippen LogP contribution in [0.15, 0.2) is 67.0 Å². The fraction of sp³-hybridized carbons (Fsp3) is 0.120. The Morgan fingerprint density at radius 2 is 1.97 bits per heavy atom. The van der Waals surface area contributed by atoms with Gasteiger partial charge in [0.1, 0.15) is 17.5 Å². The summed E-state index contributed by atoms with van der Waals surface area (Å²) in [6.45, 7) is -0.0386. The Labute approximate surface area is 194 Å². The monoisotopic (exact) mass is 453 g/mol. The van der Waals surface area contributed by atoms with Crippen LogP contribution in [0.2, 0.25) is 0 Å². The highest BCUT2D eigenvalue weighted by Gasteiger charge is 2.48. The molecule has 0 spiro atoms. The van der Waals surface area contributed by atoms with E-state index in [1.54, 1.807) is 67.0 Å². The van der Waals surface area contributed by atoms with Gasteiger partial charge in [-0.3, -0.25) is 10.1 Å². The van der Waals surface area contributed by atoms with E-state index < -0.39 is 17.5 Å². The van der Waals surface area contributed by atoms with Gasteiger partial charge in [0.2, 0.25) is 0 Å². The van der Waals surface area contributed by atoms with Crippen molar-refractivity contribution in [3.05, 3.63) is 78.2 Å². The summed E-state index contributed by atoms with van der Waals surface area (Å²) in [6, 6.07) is 17.2. The van der Waals surface area contributed by atoms with Gasteiger partial charge in [0.25, 0.3) is 5.91 Å². The van der Waals surface area contributed by atoms with Crippen LogP contribution < -0.4 is 15.4 Å². The van der Waals surface area contributed by atoms with Crippen molar-refractivity contribution in [3.63, 3.8) is 0 Å². The van der Waals surface area contributed by atoms with Crippen LogP contribution in [0.25, 0.3) is 21.9 Å². The number of aromatic nitrogens is 2. The molecule has 2 aromatic carbocycles. The van der Waals surface area contributed by atoms with E-state index in [1.165, 1.54) is 11.7 Å². The Bertz CT molecular complexity index is 1490. The minimum atomic E-state index is -1.45. The van der Waals surface area contributed by atoms with Crippen molar-refractivity contribution in [2.45, 2.75) is 12.1 Å². The number of urea groups is 1. The van der Waals surface area contributed by atoms with E-state index in [-0.39, 0.29) is 18.1 Å². The minimum absolute atomic E-state index is 0.0386. The van der Waals surface area contributed by atoms with E-state index in [1.807, 2.05) is 0 Å². The number of nitrogens with zero attached hydrogens (tertiary/aromatic N) is 3. The summed E-state index contributed by atoms with van der Waals surface area (Å²) < 4.78 is 6.76. The van der Waals surface area contributed by atoms with Crippen molar-refractivity contribution in [2.24, 2.45) is 0 Å². The fourth-order valence-electron chi connectivity index (χ4n) is 4.29. The SMILES string of the molecule is COc1ccc2cn(C[C@@]3(c4ccc(-c5cccnc5C#N)cc4)NC(=O)NC3=O)c(O)c2c1. The minimum Gasteiger partial charge on any atom is -0.497 e. The first-order chi connectivity index (χ1) is 16.4. The van der Waals surface area contributed by atoms with Gasteiger partial charge < -0.3 is 19.7 Å². The largest absolute Gasteiger partial charge is 0.497 e. The number of benzene rings is 2. The quantitative estimate of drug-likeness (QED) is 0.399. The summed E-state index contributed by atoms with van der Waals surface area (Å²) in [6.07, 6.45) is 3.26. The Morgan fingerprint density at radius 3 is 2.65 bits per heavy atom. The number of fused-ring (bicyclic) bond motifs is 1. The van der Waals surface area contributed by atoms with Crippen molar-refractivity contribution in [3.8, 4) is 28.8 Å². The molecule has 2 aromatic heterocycles. The second kappa shape index (κ2) is 7.94. The molecule has 3 N–H and O–H groups in total. The zero-order valence-corrected chi connectivity index (χ0v) is 18.1. The number of aromatic hydroxyl groups is 1. The lowest BCUT2D eigenvalue weighted by Crippen LogP contribution is -2.47. The second-order valence-electron chi connectivity index (χ2n) is 7.94. The van der Waals surface area contributed by atoms with Crippen LogP contribution in [-0.2, 0) is 16.9 Å². The van der Waals surface area contributed by atoms with Crippen LogP contribution in [0.1, 0.15) is 11.3 Å². The molecule has 1 aliphatic heterocycles. The van der Waals surface area contributed by atoms with Crippen molar-refractivity contribution in [1.29, 1.82) is 5.26 Å².